The Morgan fingerprint density at radius 2 is 2.05 bits per heavy atom. The summed E-state index contributed by atoms with van der Waals surface area (Å²) in [5.74, 6) is 0.204. The van der Waals surface area contributed by atoms with Gasteiger partial charge in [0.1, 0.15) is 10.7 Å². The fourth-order valence-corrected chi connectivity index (χ4v) is 3.37. The van der Waals surface area contributed by atoms with Crippen molar-refractivity contribution in [2.45, 2.75) is 11.4 Å². The minimum Gasteiger partial charge on any atom is -0.354 e. The SMILES string of the molecule is CNC(=O)c1csc(CN(C)C(=O)CSc2ccccc2)n1. The van der Waals surface area contributed by atoms with Crippen molar-refractivity contribution < 1.29 is 9.59 Å². The van der Waals surface area contributed by atoms with E-state index in [4.69, 9.17) is 0 Å². The number of carbonyl (C=O) groups excluding carboxylic acids is 2. The standard InChI is InChI=1S/C15H17N3O2S2/c1-16-15(20)12-9-22-13(17-12)8-18(2)14(19)10-21-11-6-4-3-5-7-11/h3-7,9H,8,10H2,1-2H3,(H,16,20). The van der Waals surface area contributed by atoms with Gasteiger partial charge in [-0.25, -0.2) is 4.98 Å². The molecule has 0 atom stereocenters. The number of aromatic nitrogens is 1. The van der Waals surface area contributed by atoms with Crippen LogP contribution in [0.5, 0.6) is 0 Å². The minimum atomic E-state index is -0.212. The van der Waals surface area contributed by atoms with Crippen molar-refractivity contribution in [1.82, 2.24) is 15.2 Å². The van der Waals surface area contributed by atoms with Crippen LogP contribution in [0.1, 0.15) is 15.5 Å². The van der Waals surface area contributed by atoms with Crippen LogP contribution in [-0.2, 0) is 11.3 Å². The van der Waals surface area contributed by atoms with Crippen LogP contribution in [0.3, 0.4) is 0 Å². The lowest BCUT2D eigenvalue weighted by Gasteiger charge is -2.15. The van der Waals surface area contributed by atoms with Crippen molar-refractivity contribution in [3.05, 3.63) is 46.4 Å². The van der Waals surface area contributed by atoms with Gasteiger partial charge in [-0.2, -0.15) is 0 Å². The van der Waals surface area contributed by atoms with Crippen molar-refractivity contribution in [3.63, 3.8) is 0 Å². The summed E-state index contributed by atoms with van der Waals surface area (Å²) in [6.45, 7) is 0.413. The Hall–Kier alpha value is -1.86. The van der Waals surface area contributed by atoms with Crippen LogP contribution >= 0.6 is 23.1 Å². The number of rotatable bonds is 6. The minimum absolute atomic E-state index is 0.0329. The maximum Gasteiger partial charge on any atom is 0.270 e. The lowest BCUT2D eigenvalue weighted by molar-refractivity contribution is -0.127. The number of nitrogens with zero attached hydrogens (tertiary/aromatic N) is 2. The molecular weight excluding hydrogens is 318 g/mol. The van der Waals surface area contributed by atoms with Crippen LogP contribution in [0.4, 0.5) is 0 Å². The molecule has 1 N–H and O–H groups in total. The third-order valence-electron chi connectivity index (χ3n) is 2.92. The van der Waals surface area contributed by atoms with Gasteiger partial charge < -0.3 is 10.2 Å². The first-order valence-electron chi connectivity index (χ1n) is 6.68. The van der Waals surface area contributed by atoms with E-state index in [1.54, 1.807) is 24.4 Å². The number of thiazole rings is 1. The molecule has 0 saturated carbocycles. The maximum absolute atomic E-state index is 12.1. The third kappa shape index (κ3) is 4.57. The zero-order valence-corrected chi connectivity index (χ0v) is 14.0. The summed E-state index contributed by atoms with van der Waals surface area (Å²) in [5.41, 5.74) is 0.391. The smallest absolute Gasteiger partial charge is 0.270 e. The Balaban J connectivity index is 1.86. The van der Waals surface area contributed by atoms with Gasteiger partial charge in [0.05, 0.1) is 12.3 Å². The normalized spacial score (nSPS) is 10.3. The van der Waals surface area contributed by atoms with Crippen LogP contribution in [0.2, 0.25) is 0 Å². The van der Waals surface area contributed by atoms with Crippen LogP contribution in [0, 0.1) is 0 Å². The van der Waals surface area contributed by atoms with Gasteiger partial charge in [0.15, 0.2) is 0 Å². The number of nitrogens with one attached hydrogen (secondary N) is 1. The van der Waals surface area contributed by atoms with Gasteiger partial charge >= 0.3 is 0 Å². The van der Waals surface area contributed by atoms with Gasteiger partial charge in [0.2, 0.25) is 5.91 Å². The maximum atomic E-state index is 12.1. The molecule has 0 radical (unpaired) electrons. The molecule has 5 nitrogen and oxygen atoms in total. The second-order valence-electron chi connectivity index (χ2n) is 4.56. The van der Waals surface area contributed by atoms with E-state index in [1.165, 1.54) is 23.1 Å². The van der Waals surface area contributed by atoms with E-state index in [-0.39, 0.29) is 11.8 Å². The molecule has 0 spiro atoms. The Labute approximate surface area is 137 Å². The molecule has 0 aliphatic rings. The summed E-state index contributed by atoms with van der Waals surface area (Å²) in [4.78, 5) is 30.5. The lowest BCUT2D eigenvalue weighted by atomic mass is 10.4. The Kier molecular flexibility index (Phi) is 5.97. The fourth-order valence-electron chi connectivity index (χ4n) is 1.68. The molecule has 22 heavy (non-hydrogen) atoms. The summed E-state index contributed by atoms with van der Waals surface area (Å²) in [6, 6.07) is 9.81. The number of thioether (sulfide) groups is 1. The molecule has 0 bridgehead atoms. The van der Waals surface area contributed by atoms with E-state index in [0.717, 1.165) is 9.90 Å². The van der Waals surface area contributed by atoms with Crippen molar-refractivity contribution in [1.29, 1.82) is 0 Å². The van der Waals surface area contributed by atoms with Crippen LogP contribution in [-0.4, -0.2) is 41.5 Å². The molecule has 2 aromatic rings. The lowest BCUT2D eigenvalue weighted by Crippen LogP contribution is -2.27. The molecule has 2 rings (SSSR count). The highest BCUT2D eigenvalue weighted by Crippen LogP contribution is 2.18. The molecule has 2 amide bonds. The number of hydrogen-bond acceptors (Lipinski definition) is 5. The number of amides is 2. The molecule has 116 valence electrons. The van der Waals surface area contributed by atoms with E-state index in [2.05, 4.69) is 10.3 Å². The van der Waals surface area contributed by atoms with E-state index in [9.17, 15) is 9.59 Å². The zero-order chi connectivity index (χ0) is 15.9. The molecule has 7 heteroatoms. The first-order chi connectivity index (χ1) is 10.6. The molecule has 0 aliphatic carbocycles. The number of benzene rings is 1. The van der Waals surface area contributed by atoms with Crippen molar-refractivity contribution in [2.24, 2.45) is 0 Å². The first-order valence-corrected chi connectivity index (χ1v) is 8.55. The van der Waals surface area contributed by atoms with E-state index >= 15 is 0 Å². The molecule has 0 fully saturated rings. The molecule has 1 heterocycles. The average Bonchev–Trinajstić information content (AvgIpc) is 3.01. The average molecular weight is 335 g/mol. The van der Waals surface area contributed by atoms with Gasteiger partial charge in [-0.05, 0) is 12.1 Å². The van der Waals surface area contributed by atoms with Crippen molar-refractivity contribution in [2.75, 3.05) is 19.8 Å². The molecule has 1 aromatic heterocycles. The second-order valence-corrected chi connectivity index (χ2v) is 6.55. The van der Waals surface area contributed by atoms with Gasteiger partial charge in [-0.15, -0.1) is 23.1 Å². The summed E-state index contributed by atoms with van der Waals surface area (Å²) in [7, 11) is 3.31. The highest BCUT2D eigenvalue weighted by Gasteiger charge is 2.14. The predicted octanol–water partition coefficient (Wildman–Crippen LogP) is 2.25. The van der Waals surface area contributed by atoms with E-state index in [0.29, 0.717) is 18.0 Å². The van der Waals surface area contributed by atoms with Crippen LogP contribution in [0.25, 0.3) is 0 Å². The summed E-state index contributed by atoms with van der Waals surface area (Å²) >= 11 is 2.89. The second kappa shape index (κ2) is 7.95. The van der Waals surface area contributed by atoms with Crippen LogP contribution < -0.4 is 5.32 Å². The Bertz CT molecular complexity index is 643. The summed E-state index contributed by atoms with van der Waals surface area (Å²) < 4.78 is 0. The molecule has 0 saturated heterocycles. The van der Waals surface area contributed by atoms with Gasteiger partial charge in [0, 0.05) is 24.4 Å². The molecular formula is C15H17N3O2S2. The van der Waals surface area contributed by atoms with E-state index < -0.39 is 0 Å². The number of carbonyl (C=O) groups is 2. The van der Waals surface area contributed by atoms with Crippen LogP contribution in [0.15, 0.2) is 40.6 Å². The predicted molar refractivity (Wildman–Crippen MR) is 89.1 cm³/mol. The summed E-state index contributed by atoms with van der Waals surface area (Å²) in [5, 5.41) is 4.98. The Morgan fingerprint density at radius 1 is 1.32 bits per heavy atom. The zero-order valence-electron chi connectivity index (χ0n) is 12.4. The first kappa shape index (κ1) is 16.5. The largest absolute Gasteiger partial charge is 0.354 e. The topological polar surface area (TPSA) is 62.3 Å². The Morgan fingerprint density at radius 3 is 2.73 bits per heavy atom. The molecule has 1 aromatic carbocycles. The van der Waals surface area contributed by atoms with E-state index in [1.807, 2.05) is 30.3 Å². The van der Waals surface area contributed by atoms with Crippen molar-refractivity contribution in [3.8, 4) is 0 Å². The number of hydrogen-bond donors (Lipinski definition) is 1. The summed E-state index contributed by atoms with van der Waals surface area (Å²) in [6.07, 6.45) is 0. The third-order valence-corrected chi connectivity index (χ3v) is 4.75. The fraction of sp³-hybridized carbons (Fsp3) is 0.267. The van der Waals surface area contributed by atoms with Crippen molar-refractivity contribution >= 4 is 34.9 Å². The molecule has 0 aliphatic heterocycles. The highest BCUT2D eigenvalue weighted by atomic mass is 32.2. The molecule has 0 unspecified atom stereocenters. The van der Waals surface area contributed by atoms with Gasteiger partial charge in [-0.1, -0.05) is 18.2 Å². The quantitative estimate of drug-likeness (QED) is 0.823. The van der Waals surface area contributed by atoms with Gasteiger partial charge in [-0.3, -0.25) is 9.59 Å². The monoisotopic (exact) mass is 335 g/mol. The van der Waals surface area contributed by atoms with Gasteiger partial charge in [0.25, 0.3) is 5.91 Å². The highest BCUT2D eigenvalue weighted by molar-refractivity contribution is 8.00.